The van der Waals surface area contributed by atoms with Crippen LogP contribution in [0.2, 0.25) is 0 Å². The molecule has 0 aromatic heterocycles. The molecule has 0 fully saturated rings. The average Bonchev–Trinajstić information content (AvgIpc) is 2.70. The van der Waals surface area contributed by atoms with Crippen LogP contribution in [0.5, 0.6) is 0 Å². The van der Waals surface area contributed by atoms with Crippen LogP contribution in [0.4, 0.5) is 0 Å². The summed E-state index contributed by atoms with van der Waals surface area (Å²) in [5.74, 6) is -2.02. The third-order valence-corrected chi connectivity index (χ3v) is 6.27. The van der Waals surface area contributed by atoms with E-state index in [0.717, 1.165) is 0 Å². The van der Waals surface area contributed by atoms with Crippen molar-refractivity contribution in [1.29, 1.82) is 0 Å². The Kier molecular flexibility index (Phi) is 13.1. The van der Waals surface area contributed by atoms with Crippen molar-refractivity contribution in [3.63, 3.8) is 0 Å². The molecule has 0 unspecified atom stereocenters. The van der Waals surface area contributed by atoms with E-state index in [9.17, 15) is 25.2 Å². The second-order valence-electron chi connectivity index (χ2n) is 8.66. The van der Waals surface area contributed by atoms with Gasteiger partial charge in [-0.25, -0.2) is 0 Å². The third-order valence-electron chi connectivity index (χ3n) is 6.27. The normalized spacial score (nSPS) is 22.4. The second kappa shape index (κ2) is 13.5. The molecule has 0 bridgehead atoms. The highest BCUT2D eigenvalue weighted by molar-refractivity contribution is 5.83. The fraction of sp³-hybridized carbons (Fsp3) is 0.870. The highest BCUT2D eigenvalue weighted by Gasteiger charge is 2.36. The molecular weight excluding hydrogens is 372 g/mol. The monoisotopic (exact) mass is 416 g/mol. The largest absolute Gasteiger partial charge is 0.393 e. The number of hydrogen-bond donors (Lipinski definition) is 4. The summed E-state index contributed by atoms with van der Waals surface area (Å²) < 4.78 is 5.72. The van der Waals surface area contributed by atoms with Crippen LogP contribution in [-0.4, -0.2) is 56.9 Å². The third kappa shape index (κ3) is 8.46. The zero-order valence-corrected chi connectivity index (χ0v) is 19.3. The maximum absolute atomic E-state index is 12.9. The van der Waals surface area contributed by atoms with Crippen LogP contribution >= 0.6 is 0 Å². The first-order valence-electron chi connectivity index (χ1n) is 11.0. The summed E-state index contributed by atoms with van der Waals surface area (Å²) >= 11 is 0. The van der Waals surface area contributed by atoms with Gasteiger partial charge in [0.2, 0.25) is 0 Å². The molecule has 0 amide bonds. The zero-order chi connectivity index (χ0) is 22.9. The van der Waals surface area contributed by atoms with Gasteiger partial charge in [-0.3, -0.25) is 4.79 Å². The molecule has 172 valence electrons. The lowest BCUT2D eigenvalue weighted by molar-refractivity contribution is -0.195. The maximum Gasteiger partial charge on any atom is 0.159 e. The number of Topliss-reactive ketones (excluding diaryl/α,β-unsaturated/α-hetero) is 1. The molecule has 0 aromatic rings. The van der Waals surface area contributed by atoms with Crippen molar-refractivity contribution in [2.75, 3.05) is 0 Å². The van der Waals surface area contributed by atoms with Crippen molar-refractivity contribution in [2.45, 2.75) is 98.4 Å². The van der Waals surface area contributed by atoms with Crippen LogP contribution in [0.1, 0.15) is 67.7 Å². The van der Waals surface area contributed by atoms with E-state index in [1.807, 2.05) is 27.7 Å². The fourth-order valence-corrected chi connectivity index (χ4v) is 3.70. The molecule has 6 heteroatoms. The zero-order valence-electron chi connectivity index (χ0n) is 19.3. The number of aliphatic hydroxyl groups excluding tert-OH is 4. The van der Waals surface area contributed by atoms with Crippen molar-refractivity contribution < 1.29 is 30.0 Å². The Morgan fingerprint density at radius 1 is 1.00 bits per heavy atom. The van der Waals surface area contributed by atoms with Crippen LogP contribution in [0.15, 0.2) is 12.7 Å². The number of rotatable bonds is 15. The highest BCUT2D eigenvalue weighted by Crippen LogP contribution is 2.28. The van der Waals surface area contributed by atoms with Crippen molar-refractivity contribution >= 4 is 5.78 Å². The minimum atomic E-state index is -1.18. The van der Waals surface area contributed by atoms with Crippen molar-refractivity contribution in [3.05, 3.63) is 12.7 Å². The molecule has 0 aliphatic carbocycles. The molecule has 0 aromatic carbocycles. The van der Waals surface area contributed by atoms with E-state index in [1.54, 1.807) is 26.8 Å². The van der Waals surface area contributed by atoms with Crippen molar-refractivity contribution in [2.24, 2.45) is 29.6 Å². The number of carbonyl (C=O) groups excluding carboxylic acids is 1. The smallest absolute Gasteiger partial charge is 0.159 e. The fourth-order valence-electron chi connectivity index (χ4n) is 3.70. The van der Waals surface area contributed by atoms with E-state index in [-0.39, 0.29) is 17.6 Å². The minimum absolute atomic E-state index is 0.00215. The first kappa shape index (κ1) is 28.2. The maximum atomic E-state index is 12.9. The lowest BCUT2D eigenvalue weighted by atomic mass is 9.79. The van der Waals surface area contributed by atoms with Gasteiger partial charge in [0, 0.05) is 23.7 Å². The number of ether oxygens (including phenoxy) is 1. The second-order valence-corrected chi connectivity index (χ2v) is 8.66. The summed E-state index contributed by atoms with van der Waals surface area (Å²) in [6, 6.07) is 0. The van der Waals surface area contributed by atoms with Gasteiger partial charge < -0.3 is 25.2 Å². The number of carbonyl (C=O) groups is 1. The van der Waals surface area contributed by atoms with Crippen LogP contribution < -0.4 is 0 Å². The lowest BCUT2D eigenvalue weighted by Crippen LogP contribution is -2.43. The van der Waals surface area contributed by atoms with E-state index < -0.39 is 48.5 Å². The van der Waals surface area contributed by atoms with E-state index in [2.05, 4.69) is 6.58 Å². The van der Waals surface area contributed by atoms with Gasteiger partial charge in [0.25, 0.3) is 0 Å². The molecule has 6 nitrogen and oxygen atoms in total. The summed E-state index contributed by atoms with van der Waals surface area (Å²) in [5, 5.41) is 40.8. The summed E-state index contributed by atoms with van der Waals surface area (Å²) in [6.07, 6.45) is -0.639. The Morgan fingerprint density at radius 2 is 1.55 bits per heavy atom. The molecule has 29 heavy (non-hydrogen) atoms. The van der Waals surface area contributed by atoms with E-state index in [1.165, 1.54) is 0 Å². The molecule has 0 rings (SSSR count). The predicted molar refractivity (Wildman–Crippen MR) is 115 cm³/mol. The van der Waals surface area contributed by atoms with E-state index in [0.29, 0.717) is 19.3 Å². The quantitative estimate of drug-likeness (QED) is 0.242. The molecule has 4 N–H and O–H groups in total. The SMILES string of the molecule is C=C[C@H]([C@H](O)[C@@H](C)C(=O)[C@H](C)C[C@H](C)[C@H](O)CC)[C@@H](CC)O[C@H](O)[C@H](C)[C@H](C)O. The summed E-state index contributed by atoms with van der Waals surface area (Å²) in [5.41, 5.74) is 0. The van der Waals surface area contributed by atoms with E-state index >= 15 is 0 Å². The van der Waals surface area contributed by atoms with Crippen molar-refractivity contribution in [1.82, 2.24) is 0 Å². The Morgan fingerprint density at radius 3 is 1.97 bits per heavy atom. The summed E-state index contributed by atoms with van der Waals surface area (Å²) in [4.78, 5) is 12.9. The van der Waals surface area contributed by atoms with Crippen molar-refractivity contribution in [3.8, 4) is 0 Å². The average molecular weight is 417 g/mol. The van der Waals surface area contributed by atoms with Gasteiger partial charge in [-0.15, -0.1) is 6.58 Å². The molecule has 10 atom stereocenters. The molecule has 0 heterocycles. The lowest BCUT2D eigenvalue weighted by Gasteiger charge is -2.34. The highest BCUT2D eigenvalue weighted by atomic mass is 16.6. The van der Waals surface area contributed by atoms with Gasteiger partial charge in [-0.1, -0.05) is 47.6 Å². The van der Waals surface area contributed by atoms with Crippen LogP contribution in [-0.2, 0) is 9.53 Å². The van der Waals surface area contributed by atoms with Gasteiger partial charge in [-0.05, 0) is 32.1 Å². The van der Waals surface area contributed by atoms with Gasteiger partial charge in [0.1, 0.15) is 5.78 Å². The van der Waals surface area contributed by atoms with Gasteiger partial charge in [0.15, 0.2) is 6.29 Å². The van der Waals surface area contributed by atoms with Crippen LogP contribution in [0, 0.1) is 29.6 Å². The Labute approximate surface area is 177 Å². The number of ketones is 1. The first-order valence-corrected chi connectivity index (χ1v) is 11.0. The first-order chi connectivity index (χ1) is 13.4. The molecule has 0 radical (unpaired) electrons. The molecular formula is C23H44O6. The molecule has 0 saturated carbocycles. The Hall–Kier alpha value is -0.790. The molecule has 0 saturated heterocycles. The molecule has 0 aliphatic heterocycles. The Bertz CT molecular complexity index is 480. The Balaban J connectivity index is 5.17. The molecule has 0 spiro atoms. The number of aliphatic hydroxyl groups is 4. The van der Waals surface area contributed by atoms with Gasteiger partial charge in [-0.2, -0.15) is 0 Å². The van der Waals surface area contributed by atoms with Gasteiger partial charge in [0.05, 0.1) is 24.4 Å². The standard InChI is InChI=1S/C23H44O6/c1-9-18(20(11-3)29-23(28)15(6)17(8)24)22(27)16(7)21(26)14(5)12-13(4)19(25)10-2/h9,13-20,22-25,27-28H,1,10-12H2,2-8H3/t13-,14+,15+,16-,17-,18-,19+,20+,22+,23-/m0/s1. The minimum Gasteiger partial charge on any atom is -0.393 e. The topological polar surface area (TPSA) is 107 Å². The number of hydrogen-bond acceptors (Lipinski definition) is 6. The summed E-state index contributed by atoms with van der Waals surface area (Å²) in [6.45, 7) is 16.3. The van der Waals surface area contributed by atoms with Crippen LogP contribution in [0.3, 0.4) is 0 Å². The summed E-state index contributed by atoms with van der Waals surface area (Å²) in [7, 11) is 0. The predicted octanol–water partition coefficient (Wildman–Crippen LogP) is 2.92. The van der Waals surface area contributed by atoms with Crippen LogP contribution in [0.25, 0.3) is 0 Å². The van der Waals surface area contributed by atoms with E-state index in [4.69, 9.17) is 4.74 Å². The molecule has 0 aliphatic rings. The van der Waals surface area contributed by atoms with Gasteiger partial charge >= 0.3 is 0 Å².